The van der Waals surface area contributed by atoms with Gasteiger partial charge in [-0.25, -0.2) is 14.4 Å². The molecule has 3 saturated heterocycles. The molecule has 0 saturated carbocycles. The zero-order valence-corrected chi connectivity index (χ0v) is 17.1. The Morgan fingerprint density at radius 2 is 2.07 bits per heavy atom. The fourth-order valence-corrected chi connectivity index (χ4v) is 4.77. The highest BCUT2D eigenvalue weighted by Crippen LogP contribution is 2.41. The standard InChI is InChI=1S/C22H28FN5O2/c23-18-1-2-19(17(11-18)13-27-7-9-29-10-8-27)30-20-12-25-16-26-21(20)28-6-4-22(15-28)3-5-24-14-22/h1-2,11-12,16,24H,3-10,13-15H2. The molecule has 8 heteroatoms. The van der Waals surface area contributed by atoms with Crippen LogP contribution >= 0.6 is 0 Å². The molecule has 3 fully saturated rings. The van der Waals surface area contributed by atoms with Crippen molar-refractivity contribution < 1.29 is 13.9 Å². The number of rotatable bonds is 5. The molecule has 4 heterocycles. The summed E-state index contributed by atoms with van der Waals surface area (Å²) in [7, 11) is 0. The van der Waals surface area contributed by atoms with Gasteiger partial charge in [0.2, 0.25) is 0 Å². The minimum Gasteiger partial charge on any atom is -0.451 e. The molecule has 1 atom stereocenters. The normalized spacial score (nSPS) is 24.6. The first kappa shape index (κ1) is 19.7. The number of hydrogen-bond donors (Lipinski definition) is 1. The number of anilines is 1. The number of ether oxygens (including phenoxy) is 2. The van der Waals surface area contributed by atoms with E-state index in [9.17, 15) is 4.39 Å². The molecule has 1 spiro atoms. The Balaban J connectivity index is 1.37. The number of benzene rings is 1. The van der Waals surface area contributed by atoms with E-state index in [2.05, 4.69) is 25.1 Å². The van der Waals surface area contributed by atoms with Crippen LogP contribution in [-0.2, 0) is 11.3 Å². The fourth-order valence-electron chi connectivity index (χ4n) is 4.77. The van der Waals surface area contributed by atoms with Crippen molar-refractivity contribution in [2.45, 2.75) is 19.4 Å². The van der Waals surface area contributed by atoms with Gasteiger partial charge in [0, 0.05) is 50.2 Å². The molecular formula is C22H28FN5O2. The van der Waals surface area contributed by atoms with Crippen LogP contribution in [0.4, 0.5) is 10.2 Å². The first-order valence-corrected chi connectivity index (χ1v) is 10.7. The molecule has 1 N–H and O–H groups in total. The molecule has 0 amide bonds. The highest BCUT2D eigenvalue weighted by molar-refractivity contribution is 5.54. The van der Waals surface area contributed by atoms with Crippen molar-refractivity contribution >= 4 is 5.82 Å². The Hall–Kier alpha value is -2.29. The predicted molar refractivity (Wildman–Crippen MR) is 111 cm³/mol. The molecule has 30 heavy (non-hydrogen) atoms. The molecule has 2 aromatic rings. The molecule has 3 aliphatic rings. The highest BCUT2D eigenvalue weighted by atomic mass is 19.1. The molecule has 160 valence electrons. The molecule has 0 aliphatic carbocycles. The second-order valence-corrected chi connectivity index (χ2v) is 8.55. The van der Waals surface area contributed by atoms with Gasteiger partial charge in [-0.3, -0.25) is 4.90 Å². The molecule has 1 aromatic carbocycles. The Labute approximate surface area is 176 Å². The van der Waals surface area contributed by atoms with E-state index >= 15 is 0 Å². The van der Waals surface area contributed by atoms with Gasteiger partial charge in [0.25, 0.3) is 0 Å². The van der Waals surface area contributed by atoms with Gasteiger partial charge in [-0.15, -0.1) is 0 Å². The SMILES string of the molecule is Fc1ccc(Oc2cncnc2N2CCC3(CCNC3)C2)c(CN2CCOCC2)c1. The van der Waals surface area contributed by atoms with Crippen molar-refractivity contribution in [2.24, 2.45) is 5.41 Å². The number of nitrogens with zero attached hydrogens (tertiary/aromatic N) is 4. The lowest BCUT2D eigenvalue weighted by Gasteiger charge is -2.27. The third-order valence-electron chi connectivity index (χ3n) is 6.47. The molecular weight excluding hydrogens is 385 g/mol. The van der Waals surface area contributed by atoms with E-state index in [0.29, 0.717) is 36.7 Å². The Morgan fingerprint density at radius 1 is 1.17 bits per heavy atom. The van der Waals surface area contributed by atoms with Gasteiger partial charge in [-0.05, 0) is 37.6 Å². The smallest absolute Gasteiger partial charge is 0.188 e. The number of hydrogen-bond acceptors (Lipinski definition) is 7. The van der Waals surface area contributed by atoms with E-state index in [4.69, 9.17) is 9.47 Å². The van der Waals surface area contributed by atoms with Crippen molar-refractivity contribution in [3.05, 3.63) is 42.1 Å². The maximum absolute atomic E-state index is 14.0. The second kappa shape index (κ2) is 8.45. The van der Waals surface area contributed by atoms with Gasteiger partial charge in [-0.2, -0.15) is 0 Å². The monoisotopic (exact) mass is 413 g/mol. The van der Waals surface area contributed by atoms with Crippen LogP contribution < -0.4 is 15.0 Å². The Morgan fingerprint density at radius 3 is 2.90 bits per heavy atom. The van der Waals surface area contributed by atoms with E-state index in [-0.39, 0.29) is 5.82 Å². The summed E-state index contributed by atoms with van der Waals surface area (Å²) >= 11 is 0. The van der Waals surface area contributed by atoms with Gasteiger partial charge in [0.15, 0.2) is 11.6 Å². The van der Waals surface area contributed by atoms with Crippen LogP contribution in [0.1, 0.15) is 18.4 Å². The van der Waals surface area contributed by atoms with Gasteiger partial charge >= 0.3 is 0 Å². The van der Waals surface area contributed by atoms with Crippen molar-refractivity contribution in [3.63, 3.8) is 0 Å². The second-order valence-electron chi connectivity index (χ2n) is 8.55. The van der Waals surface area contributed by atoms with Crippen LogP contribution in [0.5, 0.6) is 11.5 Å². The average molecular weight is 413 g/mol. The number of morpholine rings is 1. The highest BCUT2D eigenvalue weighted by Gasteiger charge is 2.41. The van der Waals surface area contributed by atoms with Gasteiger partial charge in [-0.1, -0.05) is 0 Å². The molecule has 1 aromatic heterocycles. The first-order chi connectivity index (χ1) is 14.7. The summed E-state index contributed by atoms with van der Waals surface area (Å²) < 4.78 is 25.7. The topological polar surface area (TPSA) is 62.8 Å². The van der Waals surface area contributed by atoms with Crippen LogP contribution in [-0.4, -0.2) is 67.4 Å². The predicted octanol–water partition coefficient (Wildman–Crippen LogP) is 2.43. The lowest BCUT2D eigenvalue weighted by atomic mass is 9.87. The number of nitrogens with one attached hydrogen (secondary N) is 1. The summed E-state index contributed by atoms with van der Waals surface area (Å²) in [5.41, 5.74) is 1.16. The summed E-state index contributed by atoms with van der Waals surface area (Å²) in [6.07, 6.45) is 5.64. The van der Waals surface area contributed by atoms with Crippen molar-refractivity contribution in [1.82, 2.24) is 20.2 Å². The maximum atomic E-state index is 14.0. The Kier molecular flexibility index (Phi) is 5.54. The van der Waals surface area contributed by atoms with Crippen LogP contribution in [0.3, 0.4) is 0 Å². The molecule has 7 nitrogen and oxygen atoms in total. The van der Waals surface area contributed by atoms with Crippen molar-refractivity contribution in [2.75, 3.05) is 57.4 Å². The third-order valence-corrected chi connectivity index (χ3v) is 6.47. The summed E-state index contributed by atoms with van der Waals surface area (Å²) in [4.78, 5) is 13.3. The molecule has 0 radical (unpaired) electrons. The number of halogens is 1. The van der Waals surface area contributed by atoms with E-state index in [0.717, 1.165) is 57.1 Å². The Bertz CT molecular complexity index is 884. The zero-order chi connectivity index (χ0) is 20.4. The largest absolute Gasteiger partial charge is 0.451 e. The quantitative estimate of drug-likeness (QED) is 0.808. The summed E-state index contributed by atoms with van der Waals surface area (Å²) in [5.74, 6) is 1.83. The van der Waals surface area contributed by atoms with Crippen LogP contribution in [0.25, 0.3) is 0 Å². The third kappa shape index (κ3) is 4.12. The lowest BCUT2D eigenvalue weighted by Crippen LogP contribution is -2.35. The van der Waals surface area contributed by atoms with Crippen molar-refractivity contribution in [3.8, 4) is 11.5 Å². The summed E-state index contributed by atoms with van der Waals surface area (Å²) in [5, 5.41) is 3.49. The summed E-state index contributed by atoms with van der Waals surface area (Å²) in [6.45, 7) is 7.77. The van der Waals surface area contributed by atoms with E-state index in [1.807, 2.05) is 0 Å². The zero-order valence-electron chi connectivity index (χ0n) is 17.1. The van der Waals surface area contributed by atoms with Crippen LogP contribution in [0.2, 0.25) is 0 Å². The lowest BCUT2D eigenvalue weighted by molar-refractivity contribution is 0.0339. The van der Waals surface area contributed by atoms with E-state index < -0.39 is 0 Å². The molecule has 5 rings (SSSR count). The van der Waals surface area contributed by atoms with Crippen LogP contribution in [0, 0.1) is 11.2 Å². The van der Waals surface area contributed by atoms with Crippen molar-refractivity contribution in [1.29, 1.82) is 0 Å². The summed E-state index contributed by atoms with van der Waals surface area (Å²) in [6, 6.07) is 4.70. The van der Waals surface area contributed by atoms with E-state index in [1.54, 1.807) is 24.7 Å². The van der Waals surface area contributed by atoms with Gasteiger partial charge in [0.05, 0.1) is 19.4 Å². The maximum Gasteiger partial charge on any atom is 0.188 e. The van der Waals surface area contributed by atoms with Crippen LogP contribution in [0.15, 0.2) is 30.7 Å². The molecule has 3 aliphatic heterocycles. The van der Waals surface area contributed by atoms with Gasteiger partial charge < -0.3 is 19.7 Å². The molecule has 0 bridgehead atoms. The minimum absolute atomic E-state index is 0.259. The first-order valence-electron chi connectivity index (χ1n) is 10.7. The fraction of sp³-hybridized carbons (Fsp3) is 0.545. The number of aromatic nitrogens is 2. The van der Waals surface area contributed by atoms with E-state index in [1.165, 1.54) is 12.5 Å². The van der Waals surface area contributed by atoms with Gasteiger partial charge in [0.1, 0.15) is 17.9 Å². The minimum atomic E-state index is -0.259. The average Bonchev–Trinajstić information content (AvgIpc) is 3.41. The molecule has 1 unspecified atom stereocenters.